The fraction of sp³-hybridized carbons (Fsp3) is 0.0769. The fourth-order valence-electron chi connectivity index (χ4n) is 1.43. The van der Waals surface area contributed by atoms with Gasteiger partial charge in [-0.15, -0.1) is 0 Å². The Morgan fingerprint density at radius 1 is 1.18 bits per heavy atom. The quantitative estimate of drug-likeness (QED) is 0.875. The summed E-state index contributed by atoms with van der Waals surface area (Å²) in [6.07, 6.45) is 0. The highest BCUT2D eigenvalue weighted by Crippen LogP contribution is 2.25. The number of hydrogen-bond acceptors (Lipinski definition) is 2. The van der Waals surface area contributed by atoms with Gasteiger partial charge in [-0.2, -0.15) is 0 Å². The van der Waals surface area contributed by atoms with E-state index in [1.165, 1.54) is 12.1 Å². The van der Waals surface area contributed by atoms with Crippen molar-refractivity contribution in [2.24, 2.45) is 0 Å². The molecule has 2 nitrogen and oxygen atoms in total. The Bertz CT molecular complexity index is 531. The maximum Gasteiger partial charge on any atom is 0.126 e. The highest BCUT2D eigenvalue weighted by atomic mass is 79.9. The van der Waals surface area contributed by atoms with E-state index in [2.05, 4.69) is 15.9 Å². The second-order valence-electron chi connectivity index (χ2n) is 3.57. The molecule has 0 saturated heterocycles. The Hall–Kier alpha value is -1.55. The number of ether oxygens (including phenoxy) is 1. The van der Waals surface area contributed by atoms with Crippen molar-refractivity contribution < 1.29 is 9.13 Å². The van der Waals surface area contributed by atoms with Crippen LogP contribution in [0.25, 0.3) is 0 Å². The molecule has 0 aliphatic heterocycles. The number of nitrogens with two attached hydrogens (primary N) is 1. The Balaban J connectivity index is 2.10. The van der Waals surface area contributed by atoms with Crippen molar-refractivity contribution in [1.82, 2.24) is 0 Å². The molecule has 0 saturated carbocycles. The minimum atomic E-state index is -0.311. The molecule has 0 aliphatic rings. The number of anilines is 1. The summed E-state index contributed by atoms with van der Waals surface area (Å²) in [7, 11) is 0. The van der Waals surface area contributed by atoms with Crippen molar-refractivity contribution in [3.05, 3.63) is 58.3 Å². The lowest BCUT2D eigenvalue weighted by atomic mass is 10.2. The van der Waals surface area contributed by atoms with Gasteiger partial charge >= 0.3 is 0 Å². The molecule has 0 amide bonds. The van der Waals surface area contributed by atoms with E-state index in [4.69, 9.17) is 10.5 Å². The van der Waals surface area contributed by atoms with Gasteiger partial charge in [0.05, 0.1) is 0 Å². The minimum Gasteiger partial charge on any atom is -0.489 e. The zero-order valence-corrected chi connectivity index (χ0v) is 10.6. The van der Waals surface area contributed by atoms with Crippen LogP contribution in [-0.4, -0.2) is 0 Å². The smallest absolute Gasteiger partial charge is 0.126 e. The van der Waals surface area contributed by atoms with Gasteiger partial charge < -0.3 is 10.5 Å². The number of benzene rings is 2. The summed E-state index contributed by atoms with van der Waals surface area (Å²) in [5, 5.41) is 0. The molecule has 2 aromatic rings. The van der Waals surface area contributed by atoms with Crippen molar-refractivity contribution in [3.8, 4) is 5.75 Å². The molecular formula is C13H11BrFNO. The van der Waals surface area contributed by atoms with Gasteiger partial charge in [-0.25, -0.2) is 4.39 Å². The Morgan fingerprint density at radius 3 is 2.71 bits per heavy atom. The molecule has 2 rings (SSSR count). The normalized spacial score (nSPS) is 10.2. The van der Waals surface area contributed by atoms with Gasteiger partial charge in [-0.1, -0.05) is 18.2 Å². The number of halogens is 2. The molecular weight excluding hydrogens is 285 g/mol. The van der Waals surface area contributed by atoms with E-state index >= 15 is 0 Å². The highest BCUT2D eigenvalue weighted by molar-refractivity contribution is 9.10. The fourth-order valence-corrected chi connectivity index (χ4v) is 1.81. The predicted molar refractivity (Wildman–Crippen MR) is 69.3 cm³/mol. The first-order chi connectivity index (χ1) is 8.16. The number of hydrogen-bond donors (Lipinski definition) is 1. The van der Waals surface area contributed by atoms with E-state index in [0.717, 1.165) is 10.0 Å². The van der Waals surface area contributed by atoms with E-state index in [-0.39, 0.29) is 5.82 Å². The van der Waals surface area contributed by atoms with E-state index < -0.39 is 0 Å². The second kappa shape index (κ2) is 5.19. The molecule has 17 heavy (non-hydrogen) atoms. The summed E-state index contributed by atoms with van der Waals surface area (Å²) in [6.45, 7) is 0.342. The molecule has 0 bridgehead atoms. The van der Waals surface area contributed by atoms with Gasteiger partial charge in [0.15, 0.2) is 0 Å². The van der Waals surface area contributed by atoms with Crippen LogP contribution < -0.4 is 10.5 Å². The molecule has 0 atom stereocenters. The molecule has 0 fully saturated rings. The first-order valence-corrected chi connectivity index (χ1v) is 5.87. The van der Waals surface area contributed by atoms with Crippen LogP contribution in [0.5, 0.6) is 5.75 Å². The summed E-state index contributed by atoms with van der Waals surface area (Å²) >= 11 is 3.39. The third-order valence-corrected chi connectivity index (χ3v) is 3.27. The molecule has 4 heteroatoms. The first-order valence-electron chi connectivity index (χ1n) is 5.08. The second-order valence-corrected chi connectivity index (χ2v) is 4.36. The Labute approximate surface area is 107 Å². The average molecular weight is 296 g/mol. The molecule has 2 aromatic carbocycles. The minimum absolute atomic E-state index is 0.311. The van der Waals surface area contributed by atoms with Crippen molar-refractivity contribution >= 4 is 21.6 Å². The number of nitrogen functional groups attached to an aromatic ring is 1. The summed E-state index contributed by atoms with van der Waals surface area (Å²) in [4.78, 5) is 0. The van der Waals surface area contributed by atoms with Crippen molar-refractivity contribution in [2.75, 3.05) is 5.73 Å². The van der Waals surface area contributed by atoms with Crippen LogP contribution >= 0.6 is 15.9 Å². The molecule has 0 radical (unpaired) electrons. The van der Waals surface area contributed by atoms with Crippen LogP contribution in [0.4, 0.5) is 10.1 Å². The zero-order chi connectivity index (χ0) is 12.3. The van der Waals surface area contributed by atoms with Gasteiger partial charge in [-0.05, 0) is 34.1 Å². The van der Waals surface area contributed by atoms with E-state index in [1.807, 2.05) is 12.1 Å². The first kappa shape index (κ1) is 11.9. The maximum atomic E-state index is 12.9. The molecule has 0 aromatic heterocycles. The maximum absolute atomic E-state index is 12.9. The molecule has 88 valence electrons. The Kier molecular flexibility index (Phi) is 3.64. The molecule has 2 N–H and O–H groups in total. The van der Waals surface area contributed by atoms with Crippen LogP contribution in [0.2, 0.25) is 0 Å². The summed E-state index contributed by atoms with van der Waals surface area (Å²) in [5.74, 6) is 0.188. The van der Waals surface area contributed by atoms with Crippen LogP contribution in [0.15, 0.2) is 46.9 Å². The van der Waals surface area contributed by atoms with Gasteiger partial charge in [0.1, 0.15) is 18.2 Å². The van der Waals surface area contributed by atoms with Crippen molar-refractivity contribution in [1.29, 1.82) is 0 Å². The molecule has 0 unspecified atom stereocenters. The molecule has 0 heterocycles. The van der Waals surface area contributed by atoms with Crippen LogP contribution in [0.3, 0.4) is 0 Å². The van der Waals surface area contributed by atoms with Crippen LogP contribution in [0, 0.1) is 5.82 Å². The third kappa shape index (κ3) is 2.97. The van der Waals surface area contributed by atoms with Crippen LogP contribution in [-0.2, 0) is 6.61 Å². The van der Waals surface area contributed by atoms with Gasteiger partial charge in [0.2, 0.25) is 0 Å². The lowest BCUT2D eigenvalue weighted by Crippen LogP contribution is -1.98. The monoisotopic (exact) mass is 295 g/mol. The molecule has 0 spiro atoms. The lowest BCUT2D eigenvalue weighted by molar-refractivity contribution is 0.304. The number of rotatable bonds is 3. The van der Waals surface area contributed by atoms with Crippen molar-refractivity contribution in [3.63, 3.8) is 0 Å². The SMILES string of the molecule is Nc1cccc(COc2cccc(F)c2)c1Br. The van der Waals surface area contributed by atoms with Gasteiger partial charge in [0, 0.05) is 21.8 Å². The van der Waals surface area contributed by atoms with E-state index in [9.17, 15) is 4.39 Å². The predicted octanol–water partition coefficient (Wildman–Crippen LogP) is 3.75. The standard InChI is InChI=1S/C13H11BrFNO/c14-13-9(3-1-6-12(13)16)8-17-11-5-2-4-10(15)7-11/h1-7H,8,16H2. The van der Waals surface area contributed by atoms with E-state index in [0.29, 0.717) is 18.0 Å². The van der Waals surface area contributed by atoms with E-state index in [1.54, 1.807) is 18.2 Å². The lowest BCUT2D eigenvalue weighted by Gasteiger charge is -2.09. The molecule has 0 aliphatic carbocycles. The summed E-state index contributed by atoms with van der Waals surface area (Å²) in [5.41, 5.74) is 7.33. The highest BCUT2D eigenvalue weighted by Gasteiger charge is 2.04. The van der Waals surface area contributed by atoms with Gasteiger partial charge in [0.25, 0.3) is 0 Å². The third-order valence-electron chi connectivity index (χ3n) is 2.30. The summed E-state index contributed by atoms with van der Waals surface area (Å²) in [6, 6.07) is 11.6. The summed E-state index contributed by atoms with van der Waals surface area (Å²) < 4.78 is 19.2. The van der Waals surface area contributed by atoms with Crippen molar-refractivity contribution in [2.45, 2.75) is 6.61 Å². The largest absolute Gasteiger partial charge is 0.489 e. The zero-order valence-electron chi connectivity index (χ0n) is 8.99. The average Bonchev–Trinajstić information content (AvgIpc) is 2.31. The topological polar surface area (TPSA) is 35.2 Å². The van der Waals surface area contributed by atoms with Gasteiger partial charge in [-0.3, -0.25) is 0 Å². The van der Waals surface area contributed by atoms with Crippen LogP contribution in [0.1, 0.15) is 5.56 Å². The Morgan fingerprint density at radius 2 is 1.94 bits per heavy atom.